The Balaban J connectivity index is 2.48. The number of halogens is 1. The van der Waals surface area contributed by atoms with Gasteiger partial charge in [-0.2, -0.15) is 4.39 Å². The van der Waals surface area contributed by atoms with Gasteiger partial charge in [0.25, 0.3) is 0 Å². The number of hydrogen-bond acceptors (Lipinski definition) is 0. The normalized spacial score (nSPS) is 10.6. The smallest absolute Gasteiger partial charge is 0.165 e. The third-order valence-corrected chi connectivity index (χ3v) is 1.96. The van der Waals surface area contributed by atoms with Crippen molar-refractivity contribution in [2.45, 2.75) is 13.3 Å². The molecule has 1 rings (SSSR count). The molecule has 1 aromatic carbocycles. The SMILES string of the molecule is C/C=C\C(F)=C=C/C=C/Cc1ccccc1. The number of rotatable bonds is 4. The number of benzene rings is 1. The van der Waals surface area contributed by atoms with Crippen molar-refractivity contribution in [3.8, 4) is 0 Å². The third kappa shape index (κ3) is 5.14. The van der Waals surface area contributed by atoms with Gasteiger partial charge in [-0.3, -0.25) is 0 Å². The highest BCUT2D eigenvalue weighted by Gasteiger charge is 1.84. The van der Waals surface area contributed by atoms with Crippen LogP contribution in [0, 0.1) is 0 Å². The highest BCUT2D eigenvalue weighted by atomic mass is 19.1. The first-order valence-corrected chi connectivity index (χ1v) is 5.27. The summed E-state index contributed by atoms with van der Waals surface area (Å²) in [5.41, 5.74) is 3.76. The molecule has 0 nitrogen and oxygen atoms in total. The van der Waals surface area contributed by atoms with Crippen LogP contribution in [0.25, 0.3) is 0 Å². The van der Waals surface area contributed by atoms with Crippen LogP contribution in [0.5, 0.6) is 0 Å². The summed E-state index contributed by atoms with van der Waals surface area (Å²) < 4.78 is 12.8. The second kappa shape index (κ2) is 7.44. The van der Waals surface area contributed by atoms with Crippen molar-refractivity contribution in [2.75, 3.05) is 0 Å². The second-order valence-electron chi connectivity index (χ2n) is 3.28. The first-order chi connectivity index (χ1) is 7.83. The maximum absolute atomic E-state index is 12.8. The first-order valence-electron chi connectivity index (χ1n) is 5.27. The molecule has 0 heterocycles. The van der Waals surface area contributed by atoms with Gasteiger partial charge >= 0.3 is 0 Å². The van der Waals surface area contributed by atoms with Gasteiger partial charge in [0, 0.05) is 0 Å². The molecule has 16 heavy (non-hydrogen) atoms. The Labute approximate surface area is 96.1 Å². The summed E-state index contributed by atoms with van der Waals surface area (Å²) in [6, 6.07) is 10.1. The van der Waals surface area contributed by atoms with Gasteiger partial charge in [0.15, 0.2) is 5.83 Å². The van der Waals surface area contributed by atoms with Crippen LogP contribution in [-0.4, -0.2) is 0 Å². The highest BCUT2D eigenvalue weighted by molar-refractivity contribution is 5.19. The Morgan fingerprint density at radius 2 is 2.06 bits per heavy atom. The molecular formula is C15H15F. The minimum atomic E-state index is -0.355. The van der Waals surface area contributed by atoms with Gasteiger partial charge in [-0.1, -0.05) is 54.3 Å². The molecule has 1 heteroatoms. The maximum Gasteiger partial charge on any atom is 0.165 e. The van der Waals surface area contributed by atoms with E-state index >= 15 is 0 Å². The van der Waals surface area contributed by atoms with Crippen molar-refractivity contribution in [3.05, 3.63) is 77.8 Å². The number of allylic oxidation sites excluding steroid dienone is 5. The Morgan fingerprint density at radius 3 is 2.75 bits per heavy atom. The lowest BCUT2D eigenvalue weighted by molar-refractivity contribution is 0.669. The standard InChI is InChI=1S/C15H15F/c1-2-9-15(16)13-8-4-7-12-14-10-5-3-6-11-14/h2-11H,12H2,1H3/b7-4+,9-2-. The Hall–Kier alpha value is -1.85. The van der Waals surface area contributed by atoms with Crippen LogP contribution in [0.2, 0.25) is 0 Å². The predicted octanol–water partition coefficient (Wildman–Crippen LogP) is 4.37. The van der Waals surface area contributed by atoms with Crippen LogP contribution < -0.4 is 0 Å². The summed E-state index contributed by atoms with van der Waals surface area (Å²) >= 11 is 0. The monoisotopic (exact) mass is 214 g/mol. The molecule has 0 aliphatic rings. The Bertz CT molecular complexity index is 418. The van der Waals surface area contributed by atoms with Crippen LogP contribution in [0.4, 0.5) is 4.39 Å². The van der Waals surface area contributed by atoms with Gasteiger partial charge in [-0.25, -0.2) is 0 Å². The molecule has 0 bridgehead atoms. The van der Waals surface area contributed by atoms with Crippen molar-refractivity contribution in [1.29, 1.82) is 0 Å². The van der Waals surface area contributed by atoms with E-state index in [2.05, 4.69) is 17.9 Å². The molecule has 0 unspecified atom stereocenters. The molecule has 0 N–H and O–H groups in total. The summed E-state index contributed by atoms with van der Waals surface area (Å²) in [5, 5.41) is 0. The molecule has 0 aliphatic carbocycles. The average Bonchev–Trinajstić information content (AvgIpc) is 2.30. The topological polar surface area (TPSA) is 0 Å². The van der Waals surface area contributed by atoms with Gasteiger partial charge in [-0.05, 0) is 31.1 Å². The van der Waals surface area contributed by atoms with Crippen molar-refractivity contribution < 1.29 is 4.39 Å². The lowest BCUT2D eigenvalue weighted by atomic mass is 10.1. The molecule has 0 radical (unpaired) electrons. The summed E-state index contributed by atoms with van der Waals surface area (Å²) in [4.78, 5) is 0. The quantitative estimate of drug-likeness (QED) is 0.515. The van der Waals surface area contributed by atoms with Crippen molar-refractivity contribution in [2.24, 2.45) is 0 Å². The van der Waals surface area contributed by atoms with Crippen LogP contribution in [0.15, 0.2) is 72.3 Å². The summed E-state index contributed by atoms with van der Waals surface area (Å²) in [7, 11) is 0. The van der Waals surface area contributed by atoms with Crippen LogP contribution in [-0.2, 0) is 6.42 Å². The van der Waals surface area contributed by atoms with Gasteiger partial charge in [0.05, 0.1) is 0 Å². The fraction of sp³-hybridized carbons (Fsp3) is 0.133. The zero-order valence-corrected chi connectivity index (χ0v) is 9.36. The number of hydrogen-bond donors (Lipinski definition) is 0. The Morgan fingerprint density at radius 1 is 1.31 bits per heavy atom. The van der Waals surface area contributed by atoms with Crippen LogP contribution in [0.1, 0.15) is 12.5 Å². The minimum Gasteiger partial charge on any atom is -0.198 e. The van der Waals surface area contributed by atoms with Crippen molar-refractivity contribution in [3.63, 3.8) is 0 Å². The van der Waals surface area contributed by atoms with E-state index < -0.39 is 0 Å². The van der Waals surface area contributed by atoms with E-state index in [-0.39, 0.29) is 5.83 Å². The maximum atomic E-state index is 12.8. The highest BCUT2D eigenvalue weighted by Crippen LogP contribution is 2.00. The summed E-state index contributed by atoms with van der Waals surface area (Å²) in [6.07, 6.45) is 9.23. The van der Waals surface area contributed by atoms with Gasteiger partial charge < -0.3 is 0 Å². The van der Waals surface area contributed by atoms with E-state index in [1.807, 2.05) is 24.3 Å². The molecule has 0 aromatic heterocycles. The van der Waals surface area contributed by atoms with E-state index in [9.17, 15) is 4.39 Å². The van der Waals surface area contributed by atoms with Crippen LogP contribution >= 0.6 is 0 Å². The molecule has 0 aliphatic heterocycles. The van der Waals surface area contributed by atoms with Crippen molar-refractivity contribution >= 4 is 0 Å². The third-order valence-electron chi connectivity index (χ3n) is 1.96. The van der Waals surface area contributed by atoms with E-state index in [0.29, 0.717) is 0 Å². The van der Waals surface area contributed by atoms with E-state index in [1.54, 1.807) is 25.2 Å². The lowest BCUT2D eigenvalue weighted by Gasteiger charge is -1.92. The first kappa shape index (κ1) is 12.2. The molecule has 0 atom stereocenters. The fourth-order valence-electron chi connectivity index (χ4n) is 1.21. The zero-order chi connectivity index (χ0) is 11.6. The lowest BCUT2D eigenvalue weighted by Crippen LogP contribution is -1.77. The van der Waals surface area contributed by atoms with Gasteiger partial charge in [0.1, 0.15) is 0 Å². The second-order valence-corrected chi connectivity index (χ2v) is 3.28. The zero-order valence-electron chi connectivity index (χ0n) is 9.36. The molecule has 0 amide bonds. The van der Waals surface area contributed by atoms with Gasteiger partial charge in [-0.15, -0.1) is 0 Å². The molecular weight excluding hydrogens is 199 g/mol. The van der Waals surface area contributed by atoms with E-state index in [0.717, 1.165) is 6.42 Å². The summed E-state index contributed by atoms with van der Waals surface area (Å²) in [5.74, 6) is -0.355. The average molecular weight is 214 g/mol. The molecule has 0 saturated carbocycles. The van der Waals surface area contributed by atoms with E-state index in [1.165, 1.54) is 11.6 Å². The van der Waals surface area contributed by atoms with Crippen LogP contribution in [0.3, 0.4) is 0 Å². The minimum absolute atomic E-state index is 0.355. The molecule has 0 saturated heterocycles. The van der Waals surface area contributed by atoms with Crippen molar-refractivity contribution in [1.82, 2.24) is 0 Å². The molecule has 1 aromatic rings. The fourth-order valence-corrected chi connectivity index (χ4v) is 1.21. The Kier molecular flexibility index (Phi) is 5.68. The molecule has 0 spiro atoms. The summed E-state index contributed by atoms with van der Waals surface area (Å²) in [6.45, 7) is 1.77. The predicted molar refractivity (Wildman–Crippen MR) is 66.8 cm³/mol. The molecule has 0 fully saturated rings. The largest absolute Gasteiger partial charge is 0.198 e. The van der Waals surface area contributed by atoms with E-state index in [4.69, 9.17) is 0 Å². The van der Waals surface area contributed by atoms with Gasteiger partial charge in [0.2, 0.25) is 0 Å². The molecule has 82 valence electrons.